The Bertz CT molecular complexity index is 635. The van der Waals surface area contributed by atoms with Gasteiger partial charge in [0.2, 0.25) is 0 Å². The lowest BCUT2D eigenvalue weighted by molar-refractivity contribution is 0.102. The van der Waals surface area contributed by atoms with E-state index in [1.165, 1.54) is 0 Å². The molecular weight excluding hydrogens is 252 g/mol. The normalized spacial score (nSPS) is 13.5. The van der Waals surface area contributed by atoms with Gasteiger partial charge in [0.05, 0.1) is 12.1 Å². The highest BCUT2D eigenvalue weighted by molar-refractivity contribution is 6.04. The van der Waals surface area contributed by atoms with E-state index >= 15 is 0 Å². The molecule has 2 N–H and O–H groups in total. The van der Waals surface area contributed by atoms with Gasteiger partial charge >= 0.3 is 0 Å². The third-order valence-corrected chi connectivity index (χ3v) is 3.01. The largest absolute Gasteiger partial charge is 0.368 e. The number of amides is 1. The minimum Gasteiger partial charge on any atom is -0.368 e. The Morgan fingerprint density at radius 3 is 2.70 bits per heavy atom. The number of aliphatic imine (C=N–C) groups is 1. The minimum absolute atomic E-state index is 0.165. The van der Waals surface area contributed by atoms with Crippen LogP contribution in [0.4, 0.5) is 5.69 Å². The fourth-order valence-electron chi connectivity index (χ4n) is 2.00. The van der Waals surface area contributed by atoms with E-state index in [-0.39, 0.29) is 5.91 Å². The summed E-state index contributed by atoms with van der Waals surface area (Å²) in [5.74, 6) is 0.748. The van der Waals surface area contributed by atoms with Crippen LogP contribution in [-0.4, -0.2) is 29.8 Å². The zero-order chi connectivity index (χ0) is 13.8. The molecule has 2 aromatic rings. The summed E-state index contributed by atoms with van der Waals surface area (Å²) < 4.78 is 0. The molecule has 0 spiro atoms. The Kier molecular flexibility index (Phi) is 3.41. The lowest BCUT2D eigenvalue weighted by Gasteiger charge is -2.07. The molecule has 0 aliphatic carbocycles. The predicted octanol–water partition coefficient (Wildman–Crippen LogP) is 1.68. The van der Waals surface area contributed by atoms with Crippen molar-refractivity contribution >= 4 is 17.4 Å². The second-order valence-electron chi connectivity index (χ2n) is 4.43. The van der Waals surface area contributed by atoms with E-state index in [0.29, 0.717) is 5.56 Å². The zero-order valence-corrected chi connectivity index (χ0v) is 10.8. The van der Waals surface area contributed by atoms with E-state index in [2.05, 4.69) is 20.6 Å². The molecule has 3 rings (SSSR count). The number of benzene rings is 1. The summed E-state index contributed by atoms with van der Waals surface area (Å²) in [6.45, 7) is 1.70. The molecule has 1 aliphatic rings. The van der Waals surface area contributed by atoms with E-state index in [1.54, 1.807) is 24.5 Å². The van der Waals surface area contributed by atoms with Crippen LogP contribution in [0.1, 0.15) is 15.9 Å². The summed E-state index contributed by atoms with van der Waals surface area (Å²) in [6.07, 6.45) is 3.18. The van der Waals surface area contributed by atoms with Crippen LogP contribution in [0.25, 0.3) is 0 Å². The van der Waals surface area contributed by atoms with Crippen molar-refractivity contribution in [3.05, 3.63) is 59.9 Å². The third-order valence-electron chi connectivity index (χ3n) is 3.01. The van der Waals surface area contributed by atoms with Crippen molar-refractivity contribution in [2.45, 2.75) is 0 Å². The highest BCUT2D eigenvalue weighted by Gasteiger charge is 2.09. The lowest BCUT2D eigenvalue weighted by atomic mass is 10.2. The molecule has 0 fully saturated rings. The van der Waals surface area contributed by atoms with Crippen molar-refractivity contribution in [3.63, 3.8) is 0 Å². The van der Waals surface area contributed by atoms with Crippen molar-refractivity contribution in [2.75, 3.05) is 18.4 Å². The van der Waals surface area contributed by atoms with Crippen LogP contribution < -0.4 is 10.6 Å². The number of hydrogen-bond donors (Lipinski definition) is 2. The molecule has 5 nitrogen and oxygen atoms in total. The summed E-state index contributed by atoms with van der Waals surface area (Å²) in [5, 5.41) is 6.05. The molecule has 1 aromatic carbocycles. The summed E-state index contributed by atoms with van der Waals surface area (Å²) in [5.41, 5.74) is 2.32. The van der Waals surface area contributed by atoms with E-state index < -0.39 is 0 Å². The van der Waals surface area contributed by atoms with E-state index in [4.69, 9.17) is 0 Å². The number of carbonyl (C=O) groups excluding carboxylic acids is 1. The molecule has 0 saturated heterocycles. The maximum absolute atomic E-state index is 12.0. The maximum Gasteiger partial charge on any atom is 0.257 e. The van der Waals surface area contributed by atoms with Crippen molar-refractivity contribution in [1.29, 1.82) is 0 Å². The molecule has 20 heavy (non-hydrogen) atoms. The number of nitrogens with zero attached hydrogens (tertiary/aromatic N) is 2. The van der Waals surface area contributed by atoms with E-state index in [9.17, 15) is 4.79 Å². The molecule has 0 atom stereocenters. The van der Waals surface area contributed by atoms with Gasteiger partial charge < -0.3 is 10.6 Å². The number of pyridine rings is 1. The predicted molar refractivity (Wildman–Crippen MR) is 78.0 cm³/mol. The summed E-state index contributed by atoms with van der Waals surface area (Å²) in [4.78, 5) is 20.3. The van der Waals surface area contributed by atoms with Crippen molar-refractivity contribution < 1.29 is 4.79 Å². The number of amidine groups is 1. The fourth-order valence-corrected chi connectivity index (χ4v) is 2.00. The van der Waals surface area contributed by atoms with Crippen molar-refractivity contribution in [3.8, 4) is 0 Å². The molecule has 1 aliphatic heterocycles. The maximum atomic E-state index is 12.0. The van der Waals surface area contributed by atoms with Gasteiger partial charge in [0.25, 0.3) is 5.91 Å². The van der Waals surface area contributed by atoms with Gasteiger partial charge in [-0.25, -0.2) is 0 Å². The van der Waals surface area contributed by atoms with Crippen LogP contribution in [0.5, 0.6) is 0 Å². The Hall–Kier alpha value is -2.69. The standard InChI is InChI=1S/C15H14N4O/c20-15(12-2-1-7-16-10-12)19-13-5-3-11(4-6-13)14-17-8-9-18-14/h1-7,10H,8-9H2,(H,17,18)(H,19,20). The average Bonchev–Trinajstić information content (AvgIpc) is 3.03. The summed E-state index contributed by atoms with van der Waals surface area (Å²) >= 11 is 0. The van der Waals surface area contributed by atoms with Gasteiger partial charge in [0, 0.05) is 30.2 Å². The molecule has 5 heteroatoms. The van der Waals surface area contributed by atoms with Gasteiger partial charge in [0.1, 0.15) is 5.84 Å². The number of carbonyl (C=O) groups is 1. The summed E-state index contributed by atoms with van der Waals surface area (Å²) in [6, 6.07) is 11.1. The van der Waals surface area contributed by atoms with Crippen LogP contribution >= 0.6 is 0 Å². The van der Waals surface area contributed by atoms with Crippen LogP contribution in [0.15, 0.2) is 53.8 Å². The molecule has 0 radical (unpaired) electrons. The second-order valence-corrected chi connectivity index (χ2v) is 4.43. The number of anilines is 1. The fraction of sp³-hybridized carbons (Fsp3) is 0.133. The van der Waals surface area contributed by atoms with Crippen molar-refractivity contribution in [2.24, 2.45) is 4.99 Å². The smallest absolute Gasteiger partial charge is 0.257 e. The number of rotatable bonds is 3. The zero-order valence-electron chi connectivity index (χ0n) is 10.8. The van der Waals surface area contributed by atoms with Gasteiger partial charge in [-0.3, -0.25) is 14.8 Å². The molecule has 0 unspecified atom stereocenters. The second kappa shape index (κ2) is 5.52. The van der Waals surface area contributed by atoms with Crippen LogP contribution in [0, 0.1) is 0 Å². The Balaban J connectivity index is 1.71. The van der Waals surface area contributed by atoms with Crippen LogP contribution in [-0.2, 0) is 0 Å². The first-order valence-electron chi connectivity index (χ1n) is 6.43. The van der Waals surface area contributed by atoms with Gasteiger partial charge in [0.15, 0.2) is 0 Å². The SMILES string of the molecule is O=C(Nc1ccc(C2=NCCN2)cc1)c1cccnc1. The van der Waals surface area contributed by atoms with Gasteiger partial charge in [-0.1, -0.05) is 0 Å². The molecule has 2 heterocycles. The van der Waals surface area contributed by atoms with Crippen LogP contribution in [0.3, 0.4) is 0 Å². The monoisotopic (exact) mass is 266 g/mol. The first kappa shape index (κ1) is 12.3. The Labute approximate surface area is 116 Å². The Morgan fingerprint density at radius 2 is 2.05 bits per heavy atom. The highest BCUT2D eigenvalue weighted by Crippen LogP contribution is 2.12. The highest BCUT2D eigenvalue weighted by atomic mass is 16.1. The van der Waals surface area contributed by atoms with Crippen LogP contribution in [0.2, 0.25) is 0 Å². The molecule has 1 aromatic heterocycles. The first-order chi connectivity index (χ1) is 9.83. The number of nitrogens with one attached hydrogen (secondary N) is 2. The topological polar surface area (TPSA) is 66.4 Å². The Morgan fingerprint density at radius 1 is 1.20 bits per heavy atom. The summed E-state index contributed by atoms with van der Waals surface area (Å²) in [7, 11) is 0. The average molecular weight is 266 g/mol. The van der Waals surface area contributed by atoms with Crippen molar-refractivity contribution in [1.82, 2.24) is 10.3 Å². The lowest BCUT2D eigenvalue weighted by Crippen LogP contribution is -2.19. The first-order valence-corrected chi connectivity index (χ1v) is 6.43. The molecular formula is C15H14N4O. The molecule has 0 saturated carbocycles. The van der Waals surface area contributed by atoms with Gasteiger partial charge in [-0.15, -0.1) is 0 Å². The van der Waals surface area contributed by atoms with E-state index in [1.807, 2.05) is 24.3 Å². The third kappa shape index (κ3) is 2.66. The number of hydrogen-bond acceptors (Lipinski definition) is 4. The van der Waals surface area contributed by atoms with Gasteiger partial charge in [-0.2, -0.15) is 0 Å². The van der Waals surface area contributed by atoms with E-state index in [0.717, 1.165) is 30.2 Å². The molecule has 1 amide bonds. The quantitative estimate of drug-likeness (QED) is 0.888. The van der Waals surface area contributed by atoms with Gasteiger partial charge in [-0.05, 0) is 36.4 Å². The molecule has 100 valence electrons. The molecule has 0 bridgehead atoms. The minimum atomic E-state index is -0.165. The number of aromatic nitrogens is 1.